The van der Waals surface area contributed by atoms with Gasteiger partial charge >= 0.3 is 5.97 Å². The van der Waals surface area contributed by atoms with Gasteiger partial charge in [0.25, 0.3) is 0 Å². The van der Waals surface area contributed by atoms with E-state index in [0.29, 0.717) is 0 Å². The SMILES string of the molecule is COC1CCN(CCCBr)/C1=C/C(=O)OC(C)(C)C. The second-order valence-electron chi connectivity index (χ2n) is 5.65. The Labute approximate surface area is 124 Å². The Bertz CT molecular complexity index is 336. The molecule has 0 radical (unpaired) electrons. The Kier molecular flexibility index (Phi) is 6.33. The molecule has 0 spiro atoms. The lowest BCUT2D eigenvalue weighted by atomic mass is 10.2. The molecule has 1 heterocycles. The first-order valence-corrected chi connectivity index (χ1v) is 7.78. The topological polar surface area (TPSA) is 38.8 Å². The summed E-state index contributed by atoms with van der Waals surface area (Å²) < 4.78 is 10.8. The van der Waals surface area contributed by atoms with Crippen molar-refractivity contribution in [1.82, 2.24) is 4.90 Å². The summed E-state index contributed by atoms with van der Waals surface area (Å²) in [5.41, 5.74) is 0.480. The highest BCUT2D eigenvalue weighted by Crippen LogP contribution is 2.25. The van der Waals surface area contributed by atoms with Gasteiger partial charge in [-0.05, 0) is 33.6 Å². The van der Waals surface area contributed by atoms with Crippen molar-refractivity contribution in [3.05, 3.63) is 11.8 Å². The van der Waals surface area contributed by atoms with Crippen molar-refractivity contribution in [2.45, 2.75) is 45.3 Å². The Morgan fingerprint density at radius 1 is 1.53 bits per heavy atom. The van der Waals surface area contributed by atoms with Crippen LogP contribution in [-0.4, -0.2) is 48.1 Å². The van der Waals surface area contributed by atoms with Gasteiger partial charge in [0.1, 0.15) is 5.60 Å². The highest BCUT2D eigenvalue weighted by Gasteiger charge is 2.28. The maximum atomic E-state index is 11.9. The summed E-state index contributed by atoms with van der Waals surface area (Å²) in [4.78, 5) is 14.1. The van der Waals surface area contributed by atoms with E-state index in [9.17, 15) is 4.79 Å². The average Bonchev–Trinajstić information content (AvgIpc) is 2.66. The Hall–Kier alpha value is -0.550. The molecule has 4 nitrogen and oxygen atoms in total. The molecule has 1 fully saturated rings. The fourth-order valence-electron chi connectivity index (χ4n) is 2.12. The molecule has 0 aromatic rings. The first kappa shape index (κ1) is 16.5. The van der Waals surface area contributed by atoms with E-state index in [1.807, 2.05) is 20.8 Å². The Morgan fingerprint density at radius 2 is 2.21 bits per heavy atom. The summed E-state index contributed by atoms with van der Waals surface area (Å²) >= 11 is 3.43. The van der Waals surface area contributed by atoms with Crippen LogP contribution in [0.4, 0.5) is 0 Å². The summed E-state index contributed by atoms with van der Waals surface area (Å²) in [5.74, 6) is -0.296. The third kappa shape index (κ3) is 5.53. The van der Waals surface area contributed by atoms with Crippen LogP contribution in [0.3, 0.4) is 0 Å². The monoisotopic (exact) mass is 333 g/mol. The summed E-state index contributed by atoms with van der Waals surface area (Å²) in [5, 5.41) is 0.959. The van der Waals surface area contributed by atoms with Crippen LogP contribution in [0.1, 0.15) is 33.6 Å². The molecule has 110 valence electrons. The van der Waals surface area contributed by atoms with E-state index in [-0.39, 0.29) is 12.1 Å². The number of halogens is 1. The molecule has 0 aromatic carbocycles. The fraction of sp³-hybridized carbons (Fsp3) is 0.786. The lowest BCUT2D eigenvalue weighted by molar-refractivity contribution is -0.148. The number of hydrogen-bond donors (Lipinski definition) is 0. The van der Waals surface area contributed by atoms with Gasteiger partial charge in [0.15, 0.2) is 0 Å². The van der Waals surface area contributed by atoms with Crippen LogP contribution >= 0.6 is 15.9 Å². The molecule has 1 rings (SSSR count). The van der Waals surface area contributed by atoms with Gasteiger partial charge in [0.2, 0.25) is 0 Å². The van der Waals surface area contributed by atoms with E-state index >= 15 is 0 Å². The number of esters is 1. The van der Waals surface area contributed by atoms with E-state index in [1.165, 1.54) is 0 Å². The highest BCUT2D eigenvalue weighted by molar-refractivity contribution is 9.09. The maximum Gasteiger partial charge on any atom is 0.333 e. The third-order valence-corrected chi connectivity index (χ3v) is 3.44. The zero-order valence-corrected chi connectivity index (χ0v) is 13.8. The van der Waals surface area contributed by atoms with Crippen molar-refractivity contribution in [2.24, 2.45) is 0 Å². The Balaban J connectivity index is 2.74. The van der Waals surface area contributed by atoms with Gasteiger partial charge in [-0.25, -0.2) is 4.79 Å². The normalized spacial score (nSPS) is 22.1. The quantitative estimate of drug-likeness (QED) is 0.440. The van der Waals surface area contributed by atoms with Gasteiger partial charge in [0, 0.05) is 31.6 Å². The van der Waals surface area contributed by atoms with Crippen molar-refractivity contribution < 1.29 is 14.3 Å². The van der Waals surface area contributed by atoms with Gasteiger partial charge in [-0.2, -0.15) is 0 Å². The van der Waals surface area contributed by atoms with Crippen molar-refractivity contribution in [3.8, 4) is 0 Å². The van der Waals surface area contributed by atoms with E-state index in [1.54, 1.807) is 13.2 Å². The summed E-state index contributed by atoms with van der Waals surface area (Å²) in [7, 11) is 1.68. The summed E-state index contributed by atoms with van der Waals surface area (Å²) in [6.07, 6.45) is 3.55. The number of ether oxygens (including phenoxy) is 2. The summed E-state index contributed by atoms with van der Waals surface area (Å²) in [6, 6.07) is 0. The minimum absolute atomic E-state index is 0.00263. The molecule has 0 bridgehead atoms. The van der Waals surface area contributed by atoms with Crippen LogP contribution in [0.25, 0.3) is 0 Å². The summed E-state index contributed by atoms with van der Waals surface area (Å²) in [6.45, 7) is 7.47. The zero-order valence-electron chi connectivity index (χ0n) is 12.2. The van der Waals surface area contributed by atoms with Crippen LogP contribution in [0.15, 0.2) is 11.8 Å². The lowest BCUT2D eigenvalue weighted by Crippen LogP contribution is -2.26. The molecule has 1 atom stereocenters. The first-order chi connectivity index (χ1) is 8.87. The molecular weight excluding hydrogens is 310 g/mol. The molecule has 19 heavy (non-hydrogen) atoms. The predicted molar refractivity (Wildman–Crippen MR) is 79.3 cm³/mol. The number of nitrogens with zero attached hydrogens (tertiary/aromatic N) is 1. The standard InChI is InChI=1S/C14H24BrNO3/c1-14(2,3)19-13(17)10-11-12(18-4)6-9-16(11)8-5-7-15/h10,12H,5-9H2,1-4H3/b11-10+. The molecule has 0 aliphatic carbocycles. The van der Waals surface area contributed by atoms with Crippen LogP contribution in [0.5, 0.6) is 0 Å². The molecule has 0 saturated carbocycles. The number of alkyl halides is 1. The maximum absolute atomic E-state index is 11.9. The molecule has 0 N–H and O–H groups in total. The van der Waals surface area contributed by atoms with Crippen LogP contribution in [0, 0.1) is 0 Å². The van der Waals surface area contributed by atoms with Crippen molar-refractivity contribution >= 4 is 21.9 Å². The van der Waals surface area contributed by atoms with Gasteiger partial charge in [-0.15, -0.1) is 0 Å². The van der Waals surface area contributed by atoms with Gasteiger partial charge in [-0.3, -0.25) is 0 Å². The van der Waals surface area contributed by atoms with Crippen LogP contribution in [-0.2, 0) is 14.3 Å². The molecule has 1 unspecified atom stereocenters. The van der Waals surface area contributed by atoms with E-state index in [2.05, 4.69) is 20.8 Å². The van der Waals surface area contributed by atoms with Crippen molar-refractivity contribution in [2.75, 3.05) is 25.5 Å². The van der Waals surface area contributed by atoms with Gasteiger partial charge in [-0.1, -0.05) is 15.9 Å². The molecule has 1 aliphatic rings. The smallest absolute Gasteiger partial charge is 0.333 e. The molecule has 0 amide bonds. The molecular formula is C14H24BrNO3. The van der Waals surface area contributed by atoms with Gasteiger partial charge < -0.3 is 14.4 Å². The highest BCUT2D eigenvalue weighted by atomic mass is 79.9. The average molecular weight is 334 g/mol. The van der Waals surface area contributed by atoms with Crippen LogP contribution in [0.2, 0.25) is 0 Å². The third-order valence-electron chi connectivity index (χ3n) is 2.87. The van der Waals surface area contributed by atoms with E-state index in [4.69, 9.17) is 9.47 Å². The minimum atomic E-state index is -0.462. The number of rotatable bonds is 5. The minimum Gasteiger partial charge on any atom is -0.457 e. The number of carbonyl (C=O) groups is 1. The largest absolute Gasteiger partial charge is 0.457 e. The second-order valence-corrected chi connectivity index (χ2v) is 6.44. The van der Waals surface area contributed by atoms with Crippen LogP contribution < -0.4 is 0 Å². The predicted octanol–water partition coefficient (Wildman–Crippen LogP) is 2.72. The fourth-order valence-corrected chi connectivity index (χ4v) is 2.37. The number of hydrogen-bond acceptors (Lipinski definition) is 4. The van der Waals surface area contributed by atoms with Gasteiger partial charge in [0.05, 0.1) is 11.8 Å². The van der Waals surface area contributed by atoms with Crippen molar-refractivity contribution in [3.63, 3.8) is 0 Å². The molecule has 5 heteroatoms. The Morgan fingerprint density at radius 3 is 2.74 bits per heavy atom. The van der Waals surface area contributed by atoms with E-state index in [0.717, 1.165) is 37.0 Å². The zero-order chi connectivity index (χ0) is 14.5. The molecule has 1 aliphatic heterocycles. The first-order valence-electron chi connectivity index (χ1n) is 6.65. The number of likely N-dealkylation sites (tertiary alicyclic amines) is 1. The lowest BCUT2D eigenvalue weighted by Gasteiger charge is -2.23. The second kappa shape index (κ2) is 7.29. The molecule has 0 aromatic heterocycles. The van der Waals surface area contributed by atoms with E-state index < -0.39 is 5.60 Å². The number of carbonyl (C=O) groups excluding carboxylic acids is 1. The number of methoxy groups -OCH3 is 1. The van der Waals surface area contributed by atoms with Crippen molar-refractivity contribution in [1.29, 1.82) is 0 Å². The molecule has 1 saturated heterocycles.